The van der Waals surface area contributed by atoms with Crippen LogP contribution in [0.25, 0.3) is 0 Å². The standard InChI is InChI=1S/C28H31F5N6O4/c1-26(2,34)24(41)36-21(15-43-14-17-6-7-18(29)11-20(17)30)23(40)38-10-8-27(12-19-5-3-4-9-35-19)22(13-38)37-39(25(27)42)16-28(31,32)33/h3-7,9,11,21H,8,10,12-16,34H2,1-2H3,(H,36,41)/t21-,27?/m1/s1. The van der Waals surface area contributed by atoms with Crippen LogP contribution in [0.3, 0.4) is 0 Å². The van der Waals surface area contributed by atoms with Gasteiger partial charge in [-0.05, 0) is 38.5 Å². The number of benzene rings is 1. The number of carbonyl (C=O) groups excluding carboxylic acids is 3. The smallest absolute Gasteiger partial charge is 0.374 e. The number of ether oxygens (including phenoxy) is 1. The number of alkyl halides is 3. The largest absolute Gasteiger partial charge is 0.408 e. The third kappa shape index (κ3) is 7.51. The molecule has 3 amide bonds. The lowest BCUT2D eigenvalue weighted by Gasteiger charge is -2.39. The predicted molar refractivity (Wildman–Crippen MR) is 143 cm³/mol. The highest BCUT2D eigenvalue weighted by molar-refractivity contribution is 6.14. The number of hydrogen-bond donors (Lipinski definition) is 2. The number of hydrazone groups is 1. The van der Waals surface area contributed by atoms with Crippen LogP contribution >= 0.6 is 0 Å². The lowest BCUT2D eigenvalue weighted by atomic mass is 9.73. The van der Waals surface area contributed by atoms with Gasteiger partial charge < -0.3 is 20.7 Å². The Morgan fingerprint density at radius 1 is 1.19 bits per heavy atom. The second-order valence-electron chi connectivity index (χ2n) is 11.1. The van der Waals surface area contributed by atoms with Crippen molar-refractivity contribution in [1.29, 1.82) is 0 Å². The molecule has 15 heteroatoms. The second-order valence-corrected chi connectivity index (χ2v) is 11.1. The zero-order valence-electron chi connectivity index (χ0n) is 23.5. The van der Waals surface area contributed by atoms with Gasteiger partial charge in [0, 0.05) is 36.5 Å². The maximum Gasteiger partial charge on any atom is 0.408 e. The van der Waals surface area contributed by atoms with E-state index >= 15 is 0 Å². The number of rotatable bonds is 10. The molecule has 0 spiro atoms. The number of nitrogens with two attached hydrogens (primary N) is 1. The highest BCUT2D eigenvalue weighted by Gasteiger charge is 2.55. The molecular weight excluding hydrogens is 579 g/mol. The normalized spacial score (nSPS) is 19.6. The molecule has 0 aliphatic carbocycles. The molecule has 10 nitrogen and oxygen atoms in total. The molecule has 1 aromatic heterocycles. The van der Waals surface area contributed by atoms with Crippen LogP contribution in [0.4, 0.5) is 22.0 Å². The van der Waals surface area contributed by atoms with Crippen molar-refractivity contribution in [3.63, 3.8) is 0 Å². The summed E-state index contributed by atoms with van der Waals surface area (Å²) < 4.78 is 72.7. The zero-order valence-corrected chi connectivity index (χ0v) is 23.5. The van der Waals surface area contributed by atoms with E-state index in [2.05, 4.69) is 15.4 Å². The van der Waals surface area contributed by atoms with Crippen molar-refractivity contribution in [1.82, 2.24) is 20.2 Å². The number of hydrogen-bond acceptors (Lipinski definition) is 7. The van der Waals surface area contributed by atoms with Crippen molar-refractivity contribution < 1.29 is 41.1 Å². The molecule has 232 valence electrons. The van der Waals surface area contributed by atoms with E-state index in [1.165, 1.54) is 31.0 Å². The summed E-state index contributed by atoms with van der Waals surface area (Å²) >= 11 is 0. The fourth-order valence-electron chi connectivity index (χ4n) is 4.88. The highest BCUT2D eigenvalue weighted by Crippen LogP contribution is 2.40. The van der Waals surface area contributed by atoms with Crippen LogP contribution in [0, 0.1) is 17.0 Å². The van der Waals surface area contributed by atoms with E-state index in [9.17, 15) is 36.3 Å². The lowest BCUT2D eigenvalue weighted by molar-refractivity contribution is -0.163. The summed E-state index contributed by atoms with van der Waals surface area (Å²) in [5.74, 6) is -3.85. The number of carbonyl (C=O) groups is 3. The summed E-state index contributed by atoms with van der Waals surface area (Å²) in [6.07, 6.45) is -3.28. The van der Waals surface area contributed by atoms with E-state index in [4.69, 9.17) is 10.5 Å². The molecular formula is C28H31F5N6O4. The Morgan fingerprint density at radius 3 is 2.56 bits per heavy atom. The highest BCUT2D eigenvalue weighted by atomic mass is 19.4. The third-order valence-electron chi connectivity index (χ3n) is 7.18. The Balaban J connectivity index is 1.56. The number of piperidine rings is 1. The van der Waals surface area contributed by atoms with Gasteiger partial charge in [0.05, 0.1) is 31.0 Å². The minimum absolute atomic E-state index is 0.0129. The molecule has 0 saturated carbocycles. The van der Waals surface area contributed by atoms with Gasteiger partial charge in [0.15, 0.2) is 0 Å². The molecule has 2 aliphatic heterocycles. The summed E-state index contributed by atoms with van der Waals surface area (Å²) in [5.41, 5.74) is 3.59. The Kier molecular flexibility index (Phi) is 9.16. The molecule has 2 aromatic rings. The van der Waals surface area contributed by atoms with Gasteiger partial charge in [-0.15, -0.1) is 0 Å². The van der Waals surface area contributed by atoms with Crippen molar-refractivity contribution in [2.75, 3.05) is 26.2 Å². The van der Waals surface area contributed by atoms with Gasteiger partial charge in [-0.1, -0.05) is 12.1 Å². The molecule has 3 heterocycles. The molecule has 1 saturated heterocycles. The van der Waals surface area contributed by atoms with E-state index in [1.54, 1.807) is 18.2 Å². The van der Waals surface area contributed by atoms with Crippen molar-refractivity contribution in [3.8, 4) is 0 Å². The quantitative estimate of drug-likeness (QED) is 0.398. The van der Waals surface area contributed by atoms with Gasteiger partial charge in [0.25, 0.3) is 5.91 Å². The Labute approximate surface area is 244 Å². The first kappa shape index (κ1) is 31.9. The topological polar surface area (TPSA) is 130 Å². The Hall–Kier alpha value is -3.98. The molecule has 1 fully saturated rings. The summed E-state index contributed by atoms with van der Waals surface area (Å²) in [6.45, 7) is 0.111. The fraction of sp³-hybridized carbons (Fsp3) is 0.464. The van der Waals surface area contributed by atoms with E-state index in [1.807, 2.05) is 0 Å². The number of pyridine rings is 1. The van der Waals surface area contributed by atoms with Crippen molar-refractivity contribution in [2.24, 2.45) is 16.3 Å². The van der Waals surface area contributed by atoms with Gasteiger partial charge in [0.2, 0.25) is 11.8 Å². The fourth-order valence-corrected chi connectivity index (χ4v) is 4.88. The van der Waals surface area contributed by atoms with E-state index < -0.39 is 65.7 Å². The maximum atomic E-state index is 14.1. The van der Waals surface area contributed by atoms with Gasteiger partial charge in [0.1, 0.15) is 29.6 Å². The van der Waals surface area contributed by atoms with Crippen LogP contribution in [0.2, 0.25) is 0 Å². The Bertz CT molecular complexity index is 1400. The number of fused-ring (bicyclic) bond motifs is 1. The number of aromatic nitrogens is 1. The number of nitrogens with zero attached hydrogens (tertiary/aromatic N) is 4. The van der Waals surface area contributed by atoms with E-state index in [-0.39, 0.29) is 43.8 Å². The molecule has 4 rings (SSSR count). The van der Waals surface area contributed by atoms with Crippen molar-refractivity contribution in [2.45, 2.75) is 51.1 Å². The summed E-state index contributed by atoms with van der Waals surface area (Å²) in [7, 11) is 0. The monoisotopic (exact) mass is 610 g/mol. The molecule has 0 bridgehead atoms. The summed E-state index contributed by atoms with van der Waals surface area (Å²) in [6, 6.07) is 6.56. The third-order valence-corrected chi connectivity index (χ3v) is 7.18. The zero-order chi connectivity index (χ0) is 31.6. The first-order chi connectivity index (χ1) is 20.1. The molecule has 0 radical (unpaired) electrons. The molecule has 1 unspecified atom stereocenters. The second kappa shape index (κ2) is 12.3. The van der Waals surface area contributed by atoms with Crippen LogP contribution in [-0.2, 0) is 32.1 Å². The van der Waals surface area contributed by atoms with E-state index in [0.717, 1.165) is 6.07 Å². The van der Waals surface area contributed by atoms with E-state index in [0.29, 0.717) is 16.8 Å². The molecule has 2 atom stereocenters. The minimum atomic E-state index is -4.71. The number of amides is 3. The number of likely N-dealkylation sites (tertiary alicyclic amines) is 1. The van der Waals surface area contributed by atoms with Gasteiger partial charge in [-0.3, -0.25) is 19.4 Å². The van der Waals surface area contributed by atoms with Crippen molar-refractivity contribution >= 4 is 23.4 Å². The minimum Gasteiger partial charge on any atom is -0.374 e. The maximum absolute atomic E-state index is 14.1. The molecule has 1 aromatic carbocycles. The van der Waals surface area contributed by atoms with Gasteiger partial charge >= 0.3 is 6.18 Å². The van der Waals surface area contributed by atoms with Gasteiger partial charge in [-0.2, -0.15) is 18.3 Å². The number of nitrogens with one attached hydrogen (secondary N) is 1. The lowest BCUT2D eigenvalue weighted by Crippen LogP contribution is -2.60. The van der Waals surface area contributed by atoms with Crippen LogP contribution in [0.15, 0.2) is 47.7 Å². The van der Waals surface area contributed by atoms with Gasteiger partial charge in [-0.25, -0.2) is 13.8 Å². The summed E-state index contributed by atoms with van der Waals surface area (Å²) in [4.78, 5) is 45.2. The van der Waals surface area contributed by atoms with Crippen LogP contribution in [0.1, 0.15) is 31.5 Å². The molecule has 3 N–H and O–H groups in total. The Morgan fingerprint density at radius 2 is 1.93 bits per heavy atom. The molecule has 2 aliphatic rings. The number of halogens is 5. The molecule has 43 heavy (non-hydrogen) atoms. The average molecular weight is 611 g/mol. The first-order valence-corrected chi connectivity index (χ1v) is 13.4. The predicted octanol–water partition coefficient (Wildman–Crippen LogP) is 2.32. The van der Waals surface area contributed by atoms with Crippen molar-refractivity contribution in [3.05, 3.63) is 65.5 Å². The van der Waals surface area contributed by atoms with Crippen LogP contribution in [-0.4, -0.2) is 82.3 Å². The van der Waals surface area contributed by atoms with Crippen LogP contribution < -0.4 is 11.1 Å². The first-order valence-electron chi connectivity index (χ1n) is 13.4. The SMILES string of the molecule is CC(C)(N)C(=O)N[C@H](COCc1ccc(F)cc1F)C(=O)N1CCC2(Cc3ccccn3)C(=O)N(CC(F)(F)F)N=C2C1. The average Bonchev–Trinajstić information content (AvgIpc) is 3.17. The van der Waals surface area contributed by atoms with Crippen LogP contribution in [0.5, 0.6) is 0 Å². The summed E-state index contributed by atoms with van der Waals surface area (Å²) in [5, 5.41) is 6.89.